The SMILES string of the molecule is COC(C)C(=O)NCC1CCOC1. The van der Waals surface area contributed by atoms with E-state index in [-0.39, 0.29) is 12.0 Å². The van der Waals surface area contributed by atoms with Gasteiger partial charge in [-0.25, -0.2) is 0 Å². The quantitative estimate of drug-likeness (QED) is 0.682. The third kappa shape index (κ3) is 3.32. The van der Waals surface area contributed by atoms with E-state index >= 15 is 0 Å². The number of amides is 1. The zero-order valence-electron chi connectivity index (χ0n) is 8.21. The number of methoxy groups -OCH3 is 1. The number of hydrogen-bond donors (Lipinski definition) is 1. The minimum absolute atomic E-state index is 0.0469. The highest BCUT2D eigenvalue weighted by atomic mass is 16.5. The van der Waals surface area contributed by atoms with Gasteiger partial charge in [0, 0.05) is 26.2 Å². The highest BCUT2D eigenvalue weighted by Gasteiger charge is 2.18. The molecule has 1 aliphatic heterocycles. The molecule has 0 spiro atoms. The van der Waals surface area contributed by atoms with E-state index in [2.05, 4.69) is 5.32 Å². The molecule has 0 aromatic heterocycles. The van der Waals surface area contributed by atoms with Crippen LogP contribution in [0.25, 0.3) is 0 Å². The number of carbonyl (C=O) groups is 1. The van der Waals surface area contributed by atoms with E-state index in [0.717, 1.165) is 19.6 Å². The lowest BCUT2D eigenvalue weighted by Crippen LogP contribution is -2.37. The van der Waals surface area contributed by atoms with Crippen LogP contribution in [0.15, 0.2) is 0 Å². The molecule has 13 heavy (non-hydrogen) atoms. The Morgan fingerprint density at radius 2 is 2.54 bits per heavy atom. The molecule has 1 rings (SSSR count). The van der Waals surface area contributed by atoms with Crippen LogP contribution in [0.4, 0.5) is 0 Å². The molecule has 1 fully saturated rings. The van der Waals surface area contributed by atoms with E-state index in [1.165, 1.54) is 7.11 Å². The second-order valence-corrected chi connectivity index (χ2v) is 3.35. The number of ether oxygens (including phenoxy) is 2. The van der Waals surface area contributed by atoms with Crippen LogP contribution in [0.2, 0.25) is 0 Å². The topological polar surface area (TPSA) is 47.6 Å². The second kappa shape index (κ2) is 5.19. The maximum atomic E-state index is 11.3. The van der Waals surface area contributed by atoms with Crippen LogP contribution in [0.1, 0.15) is 13.3 Å². The van der Waals surface area contributed by atoms with Crippen LogP contribution in [-0.4, -0.2) is 38.9 Å². The molecule has 0 radical (unpaired) electrons. The van der Waals surface area contributed by atoms with Crippen LogP contribution in [-0.2, 0) is 14.3 Å². The lowest BCUT2D eigenvalue weighted by atomic mass is 10.1. The summed E-state index contributed by atoms with van der Waals surface area (Å²) in [5.41, 5.74) is 0. The molecule has 0 aromatic carbocycles. The molecule has 0 saturated carbocycles. The second-order valence-electron chi connectivity index (χ2n) is 3.35. The van der Waals surface area contributed by atoms with E-state index in [1.807, 2.05) is 0 Å². The van der Waals surface area contributed by atoms with E-state index in [0.29, 0.717) is 12.5 Å². The monoisotopic (exact) mass is 187 g/mol. The van der Waals surface area contributed by atoms with E-state index in [9.17, 15) is 4.79 Å². The molecule has 0 aliphatic carbocycles. The Kier molecular flexibility index (Phi) is 4.18. The van der Waals surface area contributed by atoms with Gasteiger partial charge in [0.15, 0.2) is 0 Å². The van der Waals surface area contributed by atoms with Gasteiger partial charge in [0.2, 0.25) is 5.91 Å². The van der Waals surface area contributed by atoms with Crippen LogP contribution in [0.3, 0.4) is 0 Å². The Bertz CT molecular complexity index is 166. The number of hydrogen-bond acceptors (Lipinski definition) is 3. The van der Waals surface area contributed by atoms with Gasteiger partial charge in [-0.2, -0.15) is 0 Å². The zero-order valence-corrected chi connectivity index (χ0v) is 8.21. The van der Waals surface area contributed by atoms with Gasteiger partial charge in [0.1, 0.15) is 6.10 Å². The highest BCUT2D eigenvalue weighted by molar-refractivity contribution is 5.80. The van der Waals surface area contributed by atoms with Crippen LogP contribution >= 0.6 is 0 Å². The molecule has 1 heterocycles. The Morgan fingerprint density at radius 1 is 1.77 bits per heavy atom. The van der Waals surface area contributed by atoms with Crippen molar-refractivity contribution in [1.82, 2.24) is 5.32 Å². The molecule has 1 amide bonds. The minimum atomic E-state index is -0.359. The number of nitrogens with one attached hydrogen (secondary N) is 1. The number of rotatable bonds is 4. The fourth-order valence-electron chi connectivity index (χ4n) is 1.24. The predicted octanol–water partition coefficient (Wildman–Crippen LogP) is 0.174. The molecule has 76 valence electrons. The van der Waals surface area contributed by atoms with Crippen LogP contribution < -0.4 is 5.32 Å². The third-order valence-electron chi connectivity index (χ3n) is 2.31. The van der Waals surface area contributed by atoms with Gasteiger partial charge in [-0.15, -0.1) is 0 Å². The number of carbonyl (C=O) groups excluding carboxylic acids is 1. The fraction of sp³-hybridized carbons (Fsp3) is 0.889. The minimum Gasteiger partial charge on any atom is -0.381 e. The van der Waals surface area contributed by atoms with Crippen molar-refractivity contribution in [1.29, 1.82) is 0 Å². The maximum Gasteiger partial charge on any atom is 0.248 e. The smallest absolute Gasteiger partial charge is 0.248 e. The first-order valence-corrected chi connectivity index (χ1v) is 4.62. The first kappa shape index (κ1) is 10.5. The molecular formula is C9H17NO3. The van der Waals surface area contributed by atoms with Crippen molar-refractivity contribution in [2.75, 3.05) is 26.9 Å². The highest BCUT2D eigenvalue weighted by Crippen LogP contribution is 2.10. The lowest BCUT2D eigenvalue weighted by Gasteiger charge is -2.12. The maximum absolute atomic E-state index is 11.3. The molecule has 1 aliphatic rings. The zero-order chi connectivity index (χ0) is 9.68. The third-order valence-corrected chi connectivity index (χ3v) is 2.31. The van der Waals surface area contributed by atoms with Gasteiger partial charge < -0.3 is 14.8 Å². The van der Waals surface area contributed by atoms with Crippen molar-refractivity contribution in [2.24, 2.45) is 5.92 Å². The molecule has 2 atom stereocenters. The summed E-state index contributed by atoms with van der Waals surface area (Å²) in [6.45, 7) is 4.02. The Labute approximate surface area is 78.6 Å². The summed E-state index contributed by atoms with van der Waals surface area (Å²) in [6, 6.07) is 0. The summed E-state index contributed by atoms with van der Waals surface area (Å²) in [6.07, 6.45) is 0.684. The predicted molar refractivity (Wildman–Crippen MR) is 48.4 cm³/mol. The molecule has 0 aromatic rings. The molecule has 1 N–H and O–H groups in total. The molecular weight excluding hydrogens is 170 g/mol. The largest absolute Gasteiger partial charge is 0.381 e. The first-order chi connectivity index (χ1) is 6.24. The standard InChI is InChI=1S/C9H17NO3/c1-7(12-2)9(11)10-5-8-3-4-13-6-8/h7-8H,3-6H2,1-2H3,(H,10,11). The average Bonchev–Trinajstić information content (AvgIpc) is 2.65. The van der Waals surface area contributed by atoms with E-state index in [4.69, 9.17) is 9.47 Å². The van der Waals surface area contributed by atoms with E-state index < -0.39 is 0 Å². The Balaban J connectivity index is 2.13. The van der Waals surface area contributed by atoms with Gasteiger partial charge in [-0.05, 0) is 13.3 Å². The Morgan fingerprint density at radius 3 is 3.08 bits per heavy atom. The van der Waals surface area contributed by atoms with Crippen molar-refractivity contribution in [3.05, 3.63) is 0 Å². The lowest BCUT2D eigenvalue weighted by molar-refractivity contribution is -0.130. The van der Waals surface area contributed by atoms with Crippen LogP contribution in [0.5, 0.6) is 0 Å². The molecule has 4 heteroatoms. The summed E-state index contributed by atoms with van der Waals surface area (Å²) in [7, 11) is 1.53. The molecule has 1 saturated heterocycles. The summed E-state index contributed by atoms with van der Waals surface area (Å²) in [5.74, 6) is 0.433. The van der Waals surface area contributed by atoms with Gasteiger partial charge in [-0.1, -0.05) is 0 Å². The van der Waals surface area contributed by atoms with Crippen molar-refractivity contribution in [2.45, 2.75) is 19.4 Å². The molecule has 0 bridgehead atoms. The Hall–Kier alpha value is -0.610. The van der Waals surface area contributed by atoms with Gasteiger partial charge >= 0.3 is 0 Å². The van der Waals surface area contributed by atoms with Crippen molar-refractivity contribution >= 4 is 5.91 Å². The van der Waals surface area contributed by atoms with Crippen molar-refractivity contribution in [3.63, 3.8) is 0 Å². The fourth-order valence-corrected chi connectivity index (χ4v) is 1.24. The molecule has 4 nitrogen and oxygen atoms in total. The normalized spacial score (nSPS) is 24.3. The van der Waals surface area contributed by atoms with Crippen molar-refractivity contribution in [3.8, 4) is 0 Å². The van der Waals surface area contributed by atoms with Crippen molar-refractivity contribution < 1.29 is 14.3 Å². The van der Waals surface area contributed by atoms with Gasteiger partial charge in [0.05, 0.1) is 6.61 Å². The van der Waals surface area contributed by atoms with Gasteiger partial charge in [-0.3, -0.25) is 4.79 Å². The summed E-state index contributed by atoms with van der Waals surface area (Å²) in [4.78, 5) is 11.3. The molecule has 2 unspecified atom stereocenters. The van der Waals surface area contributed by atoms with E-state index in [1.54, 1.807) is 6.92 Å². The van der Waals surface area contributed by atoms with Crippen LogP contribution in [0, 0.1) is 5.92 Å². The average molecular weight is 187 g/mol. The summed E-state index contributed by atoms with van der Waals surface area (Å²) >= 11 is 0. The summed E-state index contributed by atoms with van der Waals surface area (Å²) < 4.78 is 10.1. The van der Waals surface area contributed by atoms with Gasteiger partial charge in [0.25, 0.3) is 0 Å². The summed E-state index contributed by atoms with van der Waals surface area (Å²) in [5, 5.41) is 2.83. The first-order valence-electron chi connectivity index (χ1n) is 4.62.